The third-order valence-electron chi connectivity index (χ3n) is 3.34. The van der Waals surface area contributed by atoms with E-state index in [4.69, 9.17) is 17.3 Å². The lowest BCUT2D eigenvalue weighted by atomic mass is 10.1. The molecule has 0 unspecified atom stereocenters. The summed E-state index contributed by atoms with van der Waals surface area (Å²) in [6.07, 6.45) is 0. The van der Waals surface area contributed by atoms with E-state index in [0.29, 0.717) is 10.8 Å². The molecule has 1 aromatic heterocycles. The molecule has 0 aliphatic carbocycles. The second-order valence-corrected chi connectivity index (χ2v) is 5.60. The van der Waals surface area contributed by atoms with Crippen molar-refractivity contribution in [3.8, 4) is 16.9 Å². The maximum atomic E-state index is 6.23. The maximum absolute atomic E-state index is 6.23. The van der Waals surface area contributed by atoms with Gasteiger partial charge in [0, 0.05) is 11.6 Å². The van der Waals surface area contributed by atoms with Crippen molar-refractivity contribution in [1.29, 1.82) is 0 Å². The van der Waals surface area contributed by atoms with Crippen LogP contribution >= 0.6 is 11.6 Å². The van der Waals surface area contributed by atoms with Crippen molar-refractivity contribution in [3.05, 3.63) is 64.7 Å². The summed E-state index contributed by atoms with van der Waals surface area (Å²) < 4.78 is 1.75. The molecule has 0 radical (unpaired) electrons. The van der Waals surface area contributed by atoms with Crippen LogP contribution < -0.4 is 5.73 Å². The first-order valence-corrected chi connectivity index (χ1v) is 7.11. The fourth-order valence-electron chi connectivity index (χ4n) is 2.48. The average Bonchev–Trinajstić information content (AvgIpc) is 2.80. The smallest absolute Gasteiger partial charge is 0.127 e. The van der Waals surface area contributed by atoms with E-state index in [1.165, 1.54) is 11.1 Å². The molecule has 3 rings (SSSR count). The summed E-state index contributed by atoms with van der Waals surface area (Å²) in [5, 5.41) is 5.27. The number of nitrogen functional groups attached to an aromatic ring is 1. The second kappa shape index (κ2) is 5.26. The number of rotatable bonds is 2. The van der Waals surface area contributed by atoms with Crippen LogP contribution in [0.15, 0.2) is 48.5 Å². The molecule has 0 spiro atoms. The van der Waals surface area contributed by atoms with Crippen LogP contribution in [0.3, 0.4) is 0 Å². The summed E-state index contributed by atoms with van der Waals surface area (Å²) in [4.78, 5) is 0. The number of benzene rings is 2. The van der Waals surface area contributed by atoms with Gasteiger partial charge in [0.25, 0.3) is 0 Å². The zero-order valence-corrected chi connectivity index (χ0v) is 12.7. The summed E-state index contributed by atoms with van der Waals surface area (Å²) in [6, 6.07) is 15.7. The Labute approximate surface area is 129 Å². The Morgan fingerprint density at radius 1 is 1.00 bits per heavy atom. The van der Waals surface area contributed by atoms with Crippen molar-refractivity contribution in [2.24, 2.45) is 0 Å². The lowest BCUT2D eigenvalue weighted by Crippen LogP contribution is -2.02. The minimum Gasteiger partial charge on any atom is -0.384 e. The van der Waals surface area contributed by atoms with Gasteiger partial charge in [-0.1, -0.05) is 35.9 Å². The molecule has 3 nitrogen and oxygen atoms in total. The fraction of sp³-hybridized carbons (Fsp3) is 0.118. The molecule has 0 saturated carbocycles. The van der Waals surface area contributed by atoms with Gasteiger partial charge in [-0.05, 0) is 43.2 Å². The predicted molar refractivity (Wildman–Crippen MR) is 87.9 cm³/mol. The molecule has 2 aromatic carbocycles. The minimum atomic E-state index is 0.593. The van der Waals surface area contributed by atoms with Gasteiger partial charge in [0.1, 0.15) is 5.82 Å². The molecule has 106 valence electrons. The van der Waals surface area contributed by atoms with E-state index in [1.54, 1.807) is 4.68 Å². The Balaban J connectivity index is 2.12. The standard InChI is InChI=1S/C17H16ClN3/c1-11-7-12(2)9-13(8-11)21-17(19)10-16(20-21)14-5-3-4-6-15(14)18/h3-10H,19H2,1-2H3. The van der Waals surface area contributed by atoms with E-state index in [-0.39, 0.29) is 0 Å². The first-order valence-electron chi connectivity index (χ1n) is 6.74. The molecule has 2 N–H and O–H groups in total. The van der Waals surface area contributed by atoms with Gasteiger partial charge in [-0.3, -0.25) is 0 Å². The Morgan fingerprint density at radius 3 is 2.33 bits per heavy atom. The van der Waals surface area contributed by atoms with Crippen LogP contribution in [0.5, 0.6) is 0 Å². The lowest BCUT2D eigenvalue weighted by Gasteiger charge is -2.06. The van der Waals surface area contributed by atoms with Crippen LogP contribution in [-0.4, -0.2) is 9.78 Å². The number of halogens is 1. The monoisotopic (exact) mass is 297 g/mol. The second-order valence-electron chi connectivity index (χ2n) is 5.19. The molecule has 0 amide bonds. The first kappa shape index (κ1) is 13.7. The summed E-state index contributed by atoms with van der Waals surface area (Å²) in [5.41, 5.74) is 11.1. The maximum Gasteiger partial charge on any atom is 0.127 e. The van der Waals surface area contributed by atoms with Gasteiger partial charge in [-0.25, -0.2) is 4.68 Å². The number of nitrogens with two attached hydrogens (primary N) is 1. The number of hydrogen-bond acceptors (Lipinski definition) is 2. The molecule has 4 heteroatoms. The Hall–Kier alpha value is -2.26. The average molecular weight is 298 g/mol. The van der Waals surface area contributed by atoms with Crippen LogP contribution in [0.2, 0.25) is 5.02 Å². The van der Waals surface area contributed by atoms with Crippen molar-refractivity contribution in [3.63, 3.8) is 0 Å². The molecule has 0 atom stereocenters. The summed E-state index contributed by atoms with van der Waals surface area (Å²) in [6.45, 7) is 4.12. The van der Waals surface area contributed by atoms with Crippen LogP contribution in [0, 0.1) is 13.8 Å². The van der Waals surface area contributed by atoms with Gasteiger partial charge in [-0.15, -0.1) is 0 Å². The van der Waals surface area contributed by atoms with Gasteiger partial charge in [0.15, 0.2) is 0 Å². The van der Waals surface area contributed by atoms with Crippen molar-refractivity contribution in [1.82, 2.24) is 9.78 Å². The van der Waals surface area contributed by atoms with Crippen LogP contribution in [0.25, 0.3) is 16.9 Å². The first-order chi connectivity index (χ1) is 10.0. The molecular weight excluding hydrogens is 282 g/mol. The van der Waals surface area contributed by atoms with E-state index in [9.17, 15) is 0 Å². The van der Waals surface area contributed by atoms with Gasteiger partial charge in [0.2, 0.25) is 0 Å². The molecule has 0 aliphatic heterocycles. The SMILES string of the molecule is Cc1cc(C)cc(-n2nc(-c3ccccc3Cl)cc2N)c1. The van der Waals surface area contributed by atoms with E-state index >= 15 is 0 Å². The third kappa shape index (κ3) is 2.65. The molecule has 21 heavy (non-hydrogen) atoms. The molecule has 1 heterocycles. The largest absolute Gasteiger partial charge is 0.384 e. The minimum absolute atomic E-state index is 0.593. The van der Waals surface area contributed by atoms with E-state index in [2.05, 4.69) is 37.1 Å². The Bertz CT molecular complexity index is 785. The molecule has 0 saturated heterocycles. The predicted octanol–water partition coefficient (Wildman–Crippen LogP) is 4.39. The third-order valence-corrected chi connectivity index (χ3v) is 3.67. The van der Waals surface area contributed by atoms with Crippen LogP contribution in [0.4, 0.5) is 5.82 Å². The van der Waals surface area contributed by atoms with Crippen LogP contribution in [-0.2, 0) is 0 Å². The summed E-state index contributed by atoms with van der Waals surface area (Å²) in [7, 11) is 0. The highest BCUT2D eigenvalue weighted by atomic mass is 35.5. The van der Waals surface area contributed by atoms with Crippen molar-refractivity contribution in [2.45, 2.75) is 13.8 Å². The van der Waals surface area contributed by atoms with E-state index < -0.39 is 0 Å². The number of aryl methyl sites for hydroxylation is 2. The quantitative estimate of drug-likeness (QED) is 0.762. The number of nitrogens with zero attached hydrogens (tertiary/aromatic N) is 2. The highest BCUT2D eigenvalue weighted by Gasteiger charge is 2.11. The Kier molecular flexibility index (Phi) is 3.43. The van der Waals surface area contributed by atoms with Gasteiger partial charge >= 0.3 is 0 Å². The Morgan fingerprint density at radius 2 is 1.67 bits per heavy atom. The normalized spacial score (nSPS) is 10.8. The van der Waals surface area contributed by atoms with Crippen molar-refractivity contribution < 1.29 is 0 Å². The van der Waals surface area contributed by atoms with Gasteiger partial charge < -0.3 is 5.73 Å². The molecule has 3 aromatic rings. The zero-order valence-electron chi connectivity index (χ0n) is 12.0. The molecule has 0 bridgehead atoms. The summed E-state index contributed by atoms with van der Waals surface area (Å²) >= 11 is 6.23. The van der Waals surface area contributed by atoms with Crippen molar-refractivity contribution in [2.75, 3.05) is 5.73 Å². The lowest BCUT2D eigenvalue weighted by molar-refractivity contribution is 0.892. The van der Waals surface area contributed by atoms with E-state index in [0.717, 1.165) is 16.9 Å². The van der Waals surface area contributed by atoms with Gasteiger partial charge in [0.05, 0.1) is 16.4 Å². The number of anilines is 1. The number of hydrogen-bond donors (Lipinski definition) is 1. The van der Waals surface area contributed by atoms with Crippen LogP contribution in [0.1, 0.15) is 11.1 Å². The van der Waals surface area contributed by atoms with E-state index in [1.807, 2.05) is 30.3 Å². The molecule has 0 fully saturated rings. The van der Waals surface area contributed by atoms with Crippen molar-refractivity contribution >= 4 is 17.4 Å². The zero-order chi connectivity index (χ0) is 15.0. The number of aromatic nitrogens is 2. The highest BCUT2D eigenvalue weighted by molar-refractivity contribution is 6.33. The highest BCUT2D eigenvalue weighted by Crippen LogP contribution is 2.29. The summed E-state index contributed by atoms with van der Waals surface area (Å²) in [5.74, 6) is 0.593. The molecule has 0 aliphatic rings. The fourth-order valence-corrected chi connectivity index (χ4v) is 2.71. The molecular formula is C17H16ClN3. The van der Waals surface area contributed by atoms with Gasteiger partial charge in [-0.2, -0.15) is 5.10 Å². The topological polar surface area (TPSA) is 43.8 Å².